The molecule has 7 heteroatoms. The van der Waals surface area contributed by atoms with E-state index in [2.05, 4.69) is 10.6 Å². The molecule has 0 radical (unpaired) electrons. The largest absolute Gasteiger partial charge is 0.478 e. The summed E-state index contributed by atoms with van der Waals surface area (Å²) in [7, 11) is 0. The summed E-state index contributed by atoms with van der Waals surface area (Å²) >= 11 is 0. The van der Waals surface area contributed by atoms with Crippen molar-refractivity contribution in [3.8, 4) is 0 Å². The maximum absolute atomic E-state index is 13.4. The van der Waals surface area contributed by atoms with Crippen LogP contribution in [0.25, 0.3) is 0 Å². The van der Waals surface area contributed by atoms with E-state index in [1.807, 2.05) is 0 Å². The van der Waals surface area contributed by atoms with E-state index in [1.54, 1.807) is 4.90 Å². The number of nitrogens with zero attached hydrogens (tertiary/aromatic N) is 1. The average molecular weight is 267 g/mol. The standard InChI is InChI=1S/C12H14FN3O3/c13-10-7-8(1-2-9(10)11(17)18)15-12(19)16-5-3-14-4-6-16/h1-2,7,14H,3-6H2,(H,15,19)(H,17,18). The molecule has 2 amide bonds. The molecule has 19 heavy (non-hydrogen) atoms. The Labute approximate surface area is 109 Å². The van der Waals surface area contributed by atoms with Crippen molar-refractivity contribution in [2.45, 2.75) is 0 Å². The Morgan fingerprint density at radius 1 is 1.32 bits per heavy atom. The van der Waals surface area contributed by atoms with E-state index in [4.69, 9.17) is 5.11 Å². The van der Waals surface area contributed by atoms with Gasteiger partial charge in [0.05, 0.1) is 5.56 Å². The second kappa shape index (κ2) is 5.66. The van der Waals surface area contributed by atoms with Gasteiger partial charge in [0, 0.05) is 31.9 Å². The van der Waals surface area contributed by atoms with Crippen LogP contribution >= 0.6 is 0 Å². The topological polar surface area (TPSA) is 81.7 Å². The highest BCUT2D eigenvalue weighted by molar-refractivity contribution is 5.91. The number of benzene rings is 1. The molecule has 3 N–H and O–H groups in total. The van der Waals surface area contributed by atoms with E-state index < -0.39 is 17.3 Å². The third kappa shape index (κ3) is 3.19. The molecule has 1 aliphatic heterocycles. The fraction of sp³-hybridized carbons (Fsp3) is 0.333. The van der Waals surface area contributed by atoms with Crippen molar-refractivity contribution in [3.63, 3.8) is 0 Å². The van der Waals surface area contributed by atoms with Crippen molar-refractivity contribution >= 4 is 17.7 Å². The smallest absolute Gasteiger partial charge is 0.338 e. The average Bonchev–Trinajstić information content (AvgIpc) is 2.39. The van der Waals surface area contributed by atoms with E-state index in [0.29, 0.717) is 13.1 Å². The highest BCUT2D eigenvalue weighted by atomic mass is 19.1. The van der Waals surface area contributed by atoms with Crippen molar-refractivity contribution in [2.24, 2.45) is 0 Å². The number of carbonyl (C=O) groups excluding carboxylic acids is 1. The number of halogens is 1. The lowest BCUT2D eigenvalue weighted by Crippen LogP contribution is -2.48. The molecule has 0 aliphatic carbocycles. The highest BCUT2D eigenvalue weighted by Gasteiger charge is 2.17. The van der Waals surface area contributed by atoms with Gasteiger partial charge in [-0.25, -0.2) is 14.0 Å². The minimum atomic E-state index is -1.34. The van der Waals surface area contributed by atoms with Gasteiger partial charge in [0.2, 0.25) is 0 Å². The normalized spacial score (nSPS) is 15.1. The lowest BCUT2D eigenvalue weighted by Gasteiger charge is -2.27. The van der Waals surface area contributed by atoms with E-state index in [9.17, 15) is 14.0 Å². The minimum absolute atomic E-state index is 0.242. The molecule has 1 aliphatic rings. The second-order valence-corrected chi connectivity index (χ2v) is 4.17. The van der Waals surface area contributed by atoms with Crippen LogP contribution in [0.3, 0.4) is 0 Å². The van der Waals surface area contributed by atoms with Crippen LogP contribution in [-0.2, 0) is 0 Å². The lowest BCUT2D eigenvalue weighted by molar-refractivity contribution is 0.0692. The molecule has 1 fully saturated rings. The molecule has 2 rings (SSSR count). The summed E-state index contributed by atoms with van der Waals surface area (Å²) in [6.45, 7) is 2.61. The summed E-state index contributed by atoms with van der Waals surface area (Å²) in [4.78, 5) is 24.1. The number of hydrogen-bond acceptors (Lipinski definition) is 3. The van der Waals surface area contributed by atoms with Crippen LogP contribution in [0.1, 0.15) is 10.4 Å². The second-order valence-electron chi connectivity index (χ2n) is 4.17. The van der Waals surface area contributed by atoms with Crippen LogP contribution in [0.4, 0.5) is 14.9 Å². The van der Waals surface area contributed by atoms with Crippen molar-refractivity contribution in [2.75, 3.05) is 31.5 Å². The first-order valence-electron chi connectivity index (χ1n) is 5.87. The van der Waals surface area contributed by atoms with Crippen LogP contribution in [0, 0.1) is 5.82 Å². The summed E-state index contributed by atoms with van der Waals surface area (Å²) in [5, 5.41) is 14.4. The van der Waals surface area contributed by atoms with E-state index in [0.717, 1.165) is 25.2 Å². The number of nitrogens with one attached hydrogen (secondary N) is 2. The molecule has 1 saturated heterocycles. The van der Waals surface area contributed by atoms with E-state index in [-0.39, 0.29) is 11.7 Å². The maximum Gasteiger partial charge on any atom is 0.338 e. The number of piperazine rings is 1. The third-order valence-corrected chi connectivity index (χ3v) is 2.85. The van der Waals surface area contributed by atoms with E-state index in [1.165, 1.54) is 6.07 Å². The summed E-state index contributed by atoms with van der Waals surface area (Å²) in [6.07, 6.45) is 0. The van der Waals surface area contributed by atoms with Gasteiger partial charge in [0.25, 0.3) is 0 Å². The molecule has 0 unspecified atom stereocenters. The predicted octanol–water partition coefficient (Wildman–Crippen LogP) is 0.961. The van der Waals surface area contributed by atoms with Gasteiger partial charge in [-0.3, -0.25) is 0 Å². The molecule has 6 nitrogen and oxygen atoms in total. The van der Waals surface area contributed by atoms with Crippen LogP contribution in [0.15, 0.2) is 18.2 Å². The Bertz CT molecular complexity index is 501. The number of hydrogen-bond donors (Lipinski definition) is 3. The maximum atomic E-state index is 13.4. The van der Waals surface area contributed by atoms with Gasteiger partial charge < -0.3 is 20.6 Å². The molecule has 0 bridgehead atoms. The molecule has 0 aromatic heterocycles. The van der Waals surface area contributed by atoms with Crippen molar-refractivity contribution in [3.05, 3.63) is 29.6 Å². The summed E-state index contributed by atoms with van der Waals surface area (Å²) < 4.78 is 13.4. The van der Waals surface area contributed by atoms with Crippen molar-refractivity contribution in [1.29, 1.82) is 0 Å². The molecule has 0 saturated carbocycles. The molecule has 0 atom stereocenters. The summed E-state index contributed by atoms with van der Waals surface area (Å²) in [6, 6.07) is 3.19. The fourth-order valence-corrected chi connectivity index (χ4v) is 1.84. The number of urea groups is 1. The molecule has 1 heterocycles. The van der Waals surface area contributed by atoms with E-state index >= 15 is 0 Å². The van der Waals surface area contributed by atoms with Gasteiger partial charge in [-0.05, 0) is 18.2 Å². The van der Waals surface area contributed by atoms with Crippen LogP contribution in [0.2, 0.25) is 0 Å². The number of anilines is 1. The summed E-state index contributed by atoms with van der Waals surface area (Å²) in [5.41, 5.74) is -0.175. The Balaban J connectivity index is 2.04. The van der Waals surface area contributed by atoms with Crippen molar-refractivity contribution in [1.82, 2.24) is 10.2 Å². The molecular formula is C12H14FN3O3. The van der Waals surface area contributed by atoms with Crippen LogP contribution in [0.5, 0.6) is 0 Å². The molecule has 0 spiro atoms. The third-order valence-electron chi connectivity index (χ3n) is 2.85. The highest BCUT2D eigenvalue weighted by Crippen LogP contribution is 2.15. The number of amides is 2. The van der Waals surface area contributed by atoms with Gasteiger partial charge in [0.15, 0.2) is 0 Å². The van der Waals surface area contributed by atoms with Gasteiger partial charge in [-0.2, -0.15) is 0 Å². The lowest BCUT2D eigenvalue weighted by atomic mass is 10.2. The quantitative estimate of drug-likeness (QED) is 0.745. The Hall–Kier alpha value is -2.15. The van der Waals surface area contributed by atoms with Gasteiger partial charge in [-0.1, -0.05) is 0 Å². The Kier molecular flexibility index (Phi) is 3.96. The van der Waals surface area contributed by atoms with Crippen LogP contribution < -0.4 is 10.6 Å². The molecule has 1 aromatic rings. The zero-order valence-corrected chi connectivity index (χ0v) is 10.1. The van der Waals surface area contributed by atoms with Gasteiger partial charge >= 0.3 is 12.0 Å². The number of carbonyl (C=O) groups is 2. The zero-order chi connectivity index (χ0) is 13.8. The minimum Gasteiger partial charge on any atom is -0.478 e. The molecule has 102 valence electrons. The zero-order valence-electron chi connectivity index (χ0n) is 10.1. The monoisotopic (exact) mass is 267 g/mol. The summed E-state index contributed by atoms with van der Waals surface area (Å²) in [5.74, 6) is -2.21. The first-order valence-corrected chi connectivity index (χ1v) is 5.87. The predicted molar refractivity (Wildman–Crippen MR) is 66.8 cm³/mol. The SMILES string of the molecule is O=C(O)c1ccc(NC(=O)N2CCNCC2)cc1F. The molecule has 1 aromatic carbocycles. The first-order chi connectivity index (χ1) is 9.08. The first kappa shape index (κ1) is 13.3. The van der Waals surface area contributed by atoms with Crippen LogP contribution in [-0.4, -0.2) is 48.2 Å². The van der Waals surface area contributed by atoms with Crippen molar-refractivity contribution < 1.29 is 19.1 Å². The number of aromatic carboxylic acids is 1. The molecular weight excluding hydrogens is 253 g/mol. The van der Waals surface area contributed by atoms with Gasteiger partial charge in [-0.15, -0.1) is 0 Å². The number of rotatable bonds is 2. The number of carboxylic acids is 1. The Morgan fingerprint density at radius 3 is 2.58 bits per heavy atom. The Morgan fingerprint density at radius 2 is 2.00 bits per heavy atom. The fourth-order valence-electron chi connectivity index (χ4n) is 1.84. The number of carboxylic acid groups (broad SMARTS) is 1. The van der Waals surface area contributed by atoms with Gasteiger partial charge in [0.1, 0.15) is 5.82 Å².